The molecule has 1 fully saturated rings. The summed E-state index contributed by atoms with van der Waals surface area (Å²) >= 11 is 0. The second kappa shape index (κ2) is 6.16. The van der Waals surface area contributed by atoms with Crippen molar-refractivity contribution in [3.05, 3.63) is 23.8 Å². The molecule has 3 N–H and O–H groups in total. The van der Waals surface area contributed by atoms with E-state index < -0.39 is 0 Å². The van der Waals surface area contributed by atoms with E-state index in [0.717, 1.165) is 30.6 Å². The summed E-state index contributed by atoms with van der Waals surface area (Å²) in [6, 6.07) is 5.58. The number of nitrogen functional groups attached to an aromatic ring is 1. The van der Waals surface area contributed by atoms with Crippen molar-refractivity contribution in [2.24, 2.45) is 11.8 Å². The van der Waals surface area contributed by atoms with Gasteiger partial charge in [-0.15, -0.1) is 0 Å². The van der Waals surface area contributed by atoms with Gasteiger partial charge in [-0.25, -0.2) is 0 Å². The Morgan fingerprint density at radius 3 is 2.50 bits per heavy atom. The van der Waals surface area contributed by atoms with E-state index in [-0.39, 0.29) is 5.91 Å². The number of hydrogen-bond donors (Lipinski definition) is 2. The van der Waals surface area contributed by atoms with Gasteiger partial charge in [0.15, 0.2) is 0 Å². The fraction of sp³-hybridized carbons (Fsp3) is 0.562. The molecule has 1 heterocycles. The lowest BCUT2D eigenvalue weighted by atomic mass is 9.86. The molecule has 4 nitrogen and oxygen atoms in total. The van der Waals surface area contributed by atoms with E-state index in [9.17, 15) is 4.79 Å². The molecule has 20 heavy (non-hydrogen) atoms. The predicted molar refractivity (Wildman–Crippen MR) is 84.0 cm³/mol. The number of benzene rings is 1. The second-order valence-electron chi connectivity index (χ2n) is 5.92. The molecular weight excluding hydrogens is 250 g/mol. The first-order valence-electron chi connectivity index (χ1n) is 7.39. The lowest BCUT2D eigenvalue weighted by Crippen LogP contribution is -2.35. The third-order valence-corrected chi connectivity index (χ3v) is 4.34. The Morgan fingerprint density at radius 2 is 2.00 bits per heavy atom. The average Bonchev–Trinajstić information content (AvgIpc) is 2.46. The minimum atomic E-state index is -0.0956. The van der Waals surface area contributed by atoms with E-state index in [2.05, 4.69) is 24.1 Å². The minimum absolute atomic E-state index is 0.0956. The highest BCUT2D eigenvalue weighted by Crippen LogP contribution is 2.31. The highest BCUT2D eigenvalue weighted by Gasteiger charge is 2.22. The number of rotatable bonds is 3. The van der Waals surface area contributed by atoms with Gasteiger partial charge >= 0.3 is 0 Å². The fourth-order valence-electron chi connectivity index (χ4n) is 2.94. The van der Waals surface area contributed by atoms with Crippen molar-refractivity contribution in [3.63, 3.8) is 0 Å². The van der Waals surface area contributed by atoms with Gasteiger partial charge in [0.1, 0.15) is 0 Å². The Hall–Kier alpha value is -1.71. The van der Waals surface area contributed by atoms with Crippen LogP contribution in [0.1, 0.15) is 37.0 Å². The molecule has 0 radical (unpaired) electrons. The smallest absolute Gasteiger partial charge is 0.251 e. The minimum Gasteiger partial charge on any atom is -0.397 e. The normalized spacial score (nSPS) is 16.5. The van der Waals surface area contributed by atoms with Crippen LogP contribution in [0.15, 0.2) is 18.2 Å². The van der Waals surface area contributed by atoms with E-state index in [1.165, 1.54) is 12.8 Å². The van der Waals surface area contributed by atoms with Crippen LogP contribution in [-0.4, -0.2) is 26.0 Å². The van der Waals surface area contributed by atoms with Crippen LogP contribution in [0.5, 0.6) is 0 Å². The molecule has 0 aromatic heterocycles. The fourth-order valence-corrected chi connectivity index (χ4v) is 2.94. The molecule has 1 aromatic rings. The number of nitrogens with one attached hydrogen (secondary N) is 1. The Bertz CT molecular complexity index is 477. The standard InChI is InChI=1S/C16H25N3O/c1-11(2)12-6-8-19(9-7-12)15-5-4-13(10-14(15)17)16(20)18-3/h4-5,10-12H,6-9,17H2,1-3H3,(H,18,20). The Labute approximate surface area is 121 Å². The quantitative estimate of drug-likeness (QED) is 0.833. The van der Waals surface area contributed by atoms with E-state index in [1.54, 1.807) is 13.1 Å². The number of hydrogen-bond acceptors (Lipinski definition) is 3. The molecule has 1 saturated heterocycles. The lowest BCUT2D eigenvalue weighted by Gasteiger charge is -2.36. The summed E-state index contributed by atoms with van der Waals surface area (Å²) in [7, 11) is 1.63. The Kier molecular flexibility index (Phi) is 4.53. The molecule has 0 aliphatic carbocycles. The topological polar surface area (TPSA) is 58.4 Å². The largest absolute Gasteiger partial charge is 0.397 e. The van der Waals surface area contributed by atoms with Crippen molar-refractivity contribution in [2.45, 2.75) is 26.7 Å². The van der Waals surface area contributed by atoms with E-state index in [0.29, 0.717) is 11.3 Å². The number of carbonyl (C=O) groups excluding carboxylic acids is 1. The number of nitrogens with zero attached hydrogens (tertiary/aromatic N) is 1. The third kappa shape index (κ3) is 3.06. The zero-order valence-corrected chi connectivity index (χ0v) is 12.6. The maximum atomic E-state index is 11.6. The van der Waals surface area contributed by atoms with E-state index in [1.807, 2.05) is 12.1 Å². The van der Waals surface area contributed by atoms with Crippen LogP contribution in [0, 0.1) is 11.8 Å². The van der Waals surface area contributed by atoms with Gasteiger partial charge in [0.25, 0.3) is 5.91 Å². The average molecular weight is 275 g/mol. The Balaban J connectivity index is 2.09. The van der Waals surface area contributed by atoms with Gasteiger partial charge < -0.3 is 16.0 Å². The van der Waals surface area contributed by atoms with Crippen LogP contribution in [0.25, 0.3) is 0 Å². The highest BCUT2D eigenvalue weighted by atomic mass is 16.1. The SMILES string of the molecule is CNC(=O)c1ccc(N2CCC(C(C)C)CC2)c(N)c1. The Morgan fingerprint density at radius 1 is 1.35 bits per heavy atom. The molecule has 110 valence electrons. The van der Waals surface area contributed by atoms with Crippen molar-refractivity contribution in [1.29, 1.82) is 0 Å². The van der Waals surface area contributed by atoms with Gasteiger partial charge in [-0.3, -0.25) is 4.79 Å². The maximum Gasteiger partial charge on any atom is 0.251 e. The summed E-state index contributed by atoms with van der Waals surface area (Å²) in [5.41, 5.74) is 8.48. The van der Waals surface area contributed by atoms with Crippen LogP contribution < -0.4 is 16.0 Å². The summed E-state index contributed by atoms with van der Waals surface area (Å²) < 4.78 is 0. The monoisotopic (exact) mass is 275 g/mol. The molecule has 0 atom stereocenters. The molecule has 2 rings (SSSR count). The van der Waals surface area contributed by atoms with Crippen molar-refractivity contribution < 1.29 is 4.79 Å². The molecule has 0 bridgehead atoms. The number of anilines is 2. The number of nitrogens with two attached hydrogens (primary N) is 1. The third-order valence-electron chi connectivity index (χ3n) is 4.34. The molecular formula is C16H25N3O. The molecule has 1 aliphatic heterocycles. The van der Waals surface area contributed by atoms with Gasteiger partial charge in [0.2, 0.25) is 0 Å². The summed E-state index contributed by atoms with van der Waals surface area (Å²) in [4.78, 5) is 13.9. The van der Waals surface area contributed by atoms with Gasteiger partial charge in [-0.1, -0.05) is 13.8 Å². The zero-order chi connectivity index (χ0) is 14.7. The first kappa shape index (κ1) is 14.7. The summed E-state index contributed by atoms with van der Waals surface area (Å²) in [6.45, 7) is 6.69. The predicted octanol–water partition coefficient (Wildman–Crippen LogP) is 2.50. The first-order valence-corrected chi connectivity index (χ1v) is 7.39. The number of piperidine rings is 1. The van der Waals surface area contributed by atoms with Crippen molar-refractivity contribution >= 4 is 17.3 Å². The molecule has 0 unspecified atom stereocenters. The van der Waals surface area contributed by atoms with Crippen LogP contribution in [-0.2, 0) is 0 Å². The summed E-state index contributed by atoms with van der Waals surface area (Å²) in [5, 5.41) is 2.62. The highest BCUT2D eigenvalue weighted by molar-refractivity contribution is 5.96. The zero-order valence-electron chi connectivity index (χ0n) is 12.6. The lowest BCUT2D eigenvalue weighted by molar-refractivity contribution is 0.0963. The molecule has 1 aliphatic rings. The molecule has 4 heteroatoms. The number of amides is 1. The van der Waals surface area contributed by atoms with Crippen LogP contribution >= 0.6 is 0 Å². The van der Waals surface area contributed by atoms with Gasteiger partial charge in [0, 0.05) is 25.7 Å². The molecule has 1 aromatic carbocycles. The first-order chi connectivity index (χ1) is 9.52. The second-order valence-corrected chi connectivity index (χ2v) is 5.92. The maximum absolute atomic E-state index is 11.6. The summed E-state index contributed by atoms with van der Waals surface area (Å²) in [5.74, 6) is 1.48. The number of carbonyl (C=O) groups is 1. The van der Waals surface area contributed by atoms with Crippen LogP contribution in [0.2, 0.25) is 0 Å². The van der Waals surface area contributed by atoms with E-state index in [4.69, 9.17) is 5.73 Å². The molecule has 0 spiro atoms. The molecule has 1 amide bonds. The van der Waals surface area contributed by atoms with Gasteiger partial charge in [-0.05, 0) is 42.9 Å². The molecule has 0 saturated carbocycles. The van der Waals surface area contributed by atoms with E-state index >= 15 is 0 Å². The van der Waals surface area contributed by atoms with Crippen molar-refractivity contribution in [3.8, 4) is 0 Å². The summed E-state index contributed by atoms with van der Waals surface area (Å²) in [6.07, 6.45) is 2.43. The van der Waals surface area contributed by atoms with Gasteiger partial charge in [0.05, 0.1) is 11.4 Å². The van der Waals surface area contributed by atoms with Crippen molar-refractivity contribution in [2.75, 3.05) is 30.8 Å². The van der Waals surface area contributed by atoms with Crippen molar-refractivity contribution in [1.82, 2.24) is 5.32 Å². The van der Waals surface area contributed by atoms with Gasteiger partial charge in [-0.2, -0.15) is 0 Å². The van der Waals surface area contributed by atoms with Crippen LogP contribution in [0.3, 0.4) is 0 Å². The van der Waals surface area contributed by atoms with Crippen LogP contribution in [0.4, 0.5) is 11.4 Å².